The lowest BCUT2D eigenvalue weighted by molar-refractivity contribution is -0.189. The predicted molar refractivity (Wildman–Crippen MR) is 166 cm³/mol. The molecule has 1 saturated heterocycles. The Kier molecular flexibility index (Phi) is 10.1. The summed E-state index contributed by atoms with van der Waals surface area (Å²) in [6.07, 6.45) is -2.57. The van der Waals surface area contributed by atoms with E-state index in [9.17, 15) is 27.6 Å². The summed E-state index contributed by atoms with van der Waals surface area (Å²) in [5, 5.41) is 8.13. The van der Waals surface area contributed by atoms with Crippen molar-refractivity contribution in [2.45, 2.75) is 58.8 Å². The number of urea groups is 1. The van der Waals surface area contributed by atoms with E-state index in [4.69, 9.17) is 4.74 Å². The van der Waals surface area contributed by atoms with Crippen LogP contribution < -0.4 is 25.6 Å². The summed E-state index contributed by atoms with van der Waals surface area (Å²) in [6, 6.07) is 4.31. The van der Waals surface area contributed by atoms with Crippen molar-refractivity contribution in [3.63, 3.8) is 0 Å². The Bertz CT molecular complexity index is 1710. The second kappa shape index (κ2) is 14.1. The predicted octanol–water partition coefficient (Wildman–Crippen LogP) is 5.60. The number of anilines is 3. The smallest absolute Gasteiger partial charge is 0.418 e. The van der Waals surface area contributed by atoms with E-state index in [1.165, 1.54) is 19.1 Å². The summed E-state index contributed by atoms with van der Waals surface area (Å²) in [7, 11) is 0. The molecule has 3 amide bonds. The Hall–Kier alpha value is -4.86. The molecule has 2 aliphatic heterocycles. The molecule has 11 nitrogen and oxygen atoms in total. The van der Waals surface area contributed by atoms with Gasteiger partial charge in [0, 0.05) is 23.7 Å². The van der Waals surface area contributed by atoms with Crippen molar-refractivity contribution in [1.29, 1.82) is 0 Å². The van der Waals surface area contributed by atoms with Crippen LogP contribution in [0.5, 0.6) is 5.75 Å². The van der Waals surface area contributed by atoms with Crippen LogP contribution in [0.1, 0.15) is 54.6 Å². The number of benzene rings is 2. The van der Waals surface area contributed by atoms with Crippen molar-refractivity contribution < 1.29 is 41.1 Å². The molecule has 0 atom stereocenters. The largest absolute Gasteiger partial charge is 0.491 e. The van der Waals surface area contributed by atoms with E-state index < -0.39 is 58.8 Å². The van der Waals surface area contributed by atoms with E-state index >= 15 is 8.78 Å². The topological polar surface area (TPSA) is 129 Å². The molecule has 3 heterocycles. The van der Waals surface area contributed by atoms with Crippen LogP contribution in [0, 0.1) is 18.6 Å². The first-order valence-corrected chi connectivity index (χ1v) is 15.4. The number of halogens is 5. The quantitative estimate of drug-likeness (QED) is 0.110. The van der Waals surface area contributed by atoms with E-state index in [0.29, 0.717) is 17.9 Å². The number of alkyl halides is 3. The fourth-order valence-electron chi connectivity index (χ4n) is 5.61. The van der Waals surface area contributed by atoms with Gasteiger partial charge in [-0.15, -0.1) is 0 Å². The number of rotatable bonds is 10. The van der Waals surface area contributed by atoms with Gasteiger partial charge in [0.15, 0.2) is 11.6 Å². The lowest BCUT2D eigenvalue weighted by atomic mass is 9.95. The average molecular weight is 676 g/mol. The number of esters is 1. The minimum atomic E-state index is -5.42. The van der Waals surface area contributed by atoms with Gasteiger partial charge in [0.25, 0.3) is 5.91 Å². The molecule has 2 aromatic carbocycles. The summed E-state index contributed by atoms with van der Waals surface area (Å²) in [4.78, 5) is 50.6. The van der Waals surface area contributed by atoms with Crippen LogP contribution in [0.4, 0.5) is 44.2 Å². The number of para-hydroxylation sites is 1. The summed E-state index contributed by atoms with van der Waals surface area (Å²) in [5.41, 5.74) is -1.19. The van der Waals surface area contributed by atoms with Gasteiger partial charge < -0.3 is 25.6 Å². The van der Waals surface area contributed by atoms with Gasteiger partial charge in [0.1, 0.15) is 17.3 Å². The molecule has 0 aliphatic carbocycles. The molecule has 0 saturated carbocycles. The molecule has 256 valence electrons. The molecule has 48 heavy (non-hydrogen) atoms. The summed E-state index contributed by atoms with van der Waals surface area (Å²) in [6.45, 7) is 7.49. The van der Waals surface area contributed by atoms with Gasteiger partial charge in [-0.25, -0.2) is 28.3 Å². The number of hydrogen-bond donors (Lipinski definition) is 3. The summed E-state index contributed by atoms with van der Waals surface area (Å²) >= 11 is 0. The van der Waals surface area contributed by atoms with Crippen LogP contribution in [0.2, 0.25) is 0 Å². The van der Waals surface area contributed by atoms with Crippen molar-refractivity contribution >= 4 is 35.4 Å². The highest BCUT2D eigenvalue weighted by atomic mass is 19.4. The number of carbonyl (C=O) groups excluding carboxylic acids is 3. The number of nitrogens with one attached hydrogen (secondary N) is 3. The van der Waals surface area contributed by atoms with Gasteiger partial charge in [0.05, 0.1) is 17.8 Å². The number of fused-ring (bicyclic) bond motifs is 1. The molecule has 3 N–H and O–H groups in total. The molecule has 3 aromatic rings. The van der Waals surface area contributed by atoms with E-state index in [1.54, 1.807) is 13.8 Å². The number of hydrogen-bond acceptors (Lipinski definition) is 8. The number of nitrogens with zero attached hydrogens (tertiary/aromatic N) is 4. The standard InChI is InChI=1S/C32H34F5N7O4/c1-17(2)40-28(45)19-11-10-18(3)23(26(19)48-29(46)32(35,36)37)24-20-16-39-31(47)44(25-21(33)8-6-9-22(25)34)27(20)42-30(41-24)38-12-7-15-43-13-4-5-14-43/h6,8-11,17H,4-5,7,12-16H2,1-3H3,(H,39,47)(H,40,45)(H,38,41,42). The van der Waals surface area contributed by atoms with Gasteiger partial charge in [-0.2, -0.15) is 18.2 Å². The third kappa shape index (κ3) is 7.32. The van der Waals surface area contributed by atoms with E-state index in [2.05, 4.69) is 30.8 Å². The Morgan fingerprint density at radius 2 is 1.75 bits per heavy atom. The Morgan fingerprint density at radius 1 is 1.06 bits per heavy atom. The maximum Gasteiger partial charge on any atom is 0.491 e. The minimum Gasteiger partial charge on any atom is -0.418 e. The second-order valence-corrected chi connectivity index (χ2v) is 11.7. The van der Waals surface area contributed by atoms with Crippen LogP contribution in [-0.2, 0) is 11.3 Å². The molecular weight excluding hydrogens is 641 g/mol. The first kappa shape index (κ1) is 34.5. The van der Waals surface area contributed by atoms with Gasteiger partial charge in [-0.05, 0) is 83.4 Å². The maximum atomic E-state index is 15.1. The summed E-state index contributed by atoms with van der Waals surface area (Å²) in [5.74, 6) is -6.70. The molecular formula is C32H34F5N7O4. The zero-order valence-corrected chi connectivity index (χ0v) is 26.4. The van der Waals surface area contributed by atoms with Crippen molar-refractivity contribution in [3.8, 4) is 17.0 Å². The number of ether oxygens (including phenoxy) is 1. The third-order valence-electron chi connectivity index (χ3n) is 7.80. The van der Waals surface area contributed by atoms with E-state index in [-0.39, 0.29) is 40.7 Å². The lowest BCUT2D eigenvalue weighted by Gasteiger charge is -2.31. The minimum absolute atomic E-state index is 0.0358. The second-order valence-electron chi connectivity index (χ2n) is 11.7. The lowest BCUT2D eigenvalue weighted by Crippen LogP contribution is -2.43. The van der Waals surface area contributed by atoms with Crippen molar-refractivity contribution in [2.24, 2.45) is 0 Å². The fourth-order valence-corrected chi connectivity index (χ4v) is 5.61. The van der Waals surface area contributed by atoms with E-state index in [0.717, 1.165) is 50.7 Å². The maximum absolute atomic E-state index is 15.1. The first-order chi connectivity index (χ1) is 22.8. The summed E-state index contributed by atoms with van der Waals surface area (Å²) < 4.78 is 75.8. The molecule has 0 bridgehead atoms. The number of carbonyl (C=O) groups is 3. The zero-order valence-electron chi connectivity index (χ0n) is 26.4. The van der Waals surface area contributed by atoms with Crippen molar-refractivity contribution in [1.82, 2.24) is 25.5 Å². The van der Waals surface area contributed by atoms with E-state index in [1.807, 2.05) is 0 Å². The molecule has 2 aliphatic rings. The number of aromatic nitrogens is 2. The molecule has 0 radical (unpaired) electrons. The Labute approximate surface area is 272 Å². The Balaban J connectivity index is 1.71. The normalized spacial score (nSPS) is 14.9. The number of likely N-dealkylation sites (tertiary alicyclic amines) is 1. The Morgan fingerprint density at radius 3 is 2.40 bits per heavy atom. The molecule has 1 aromatic heterocycles. The van der Waals surface area contributed by atoms with Crippen molar-refractivity contribution in [3.05, 3.63) is 58.7 Å². The van der Waals surface area contributed by atoms with Gasteiger partial charge >= 0.3 is 18.2 Å². The third-order valence-corrected chi connectivity index (χ3v) is 7.80. The van der Waals surface area contributed by atoms with Crippen LogP contribution in [0.15, 0.2) is 30.3 Å². The van der Waals surface area contributed by atoms with Gasteiger partial charge in [-0.3, -0.25) is 4.79 Å². The van der Waals surface area contributed by atoms with Crippen LogP contribution in [0.25, 0.3) is 11.3 Å². The zero-order chi connectivity index (χ0) is 34.7. The van der Waals surface area contributed by atoms with Crippen LogP contribution in [0.3, 0.4) is 0 Å². The molecule has 0 unspecified atom stereocenters. The van der Waals surface area contributed by atoms with Crippen molar-refractivity contribution in [2.75, 3.05) is 36.4 Å². The molecule has 5 rings (SSSR count). The SMILES string of the molecule is Cc1ccc(C(=O)NC(C)C)c(OC(=O)C(F)(F)F)c1-c1nc(NCCCN2CCCC2)nc2c1CNC(=O)N2c1c(F)cccc1F. The highest BCUT2D eigenvalue weighted by Crippen LogP contribution is 2.43. The first-order valence-electron chi connectivity index (χ1n) is 15.4. The molecule has 16 heteroatoms. The number of amides is 3. The monoisotopic (exact) mass is 675 g/mol. The van der Waals surface area contributed by atoms with Crippen LogP contribution >= 0.6 is 0 Å². The average Bonchev–Trinajstić information content (AvgIpc) is 3.53. The fraction of sp³-hybridized carbons (Fsp3) is 0.406. The van der Waals surface area contributed by atoms with Gasteiger partial charge in [-0.1, -0.05) is 12.1 Å². The highest BCUT2D eigenvalue weighted by Gasteiger charge is 2.43. The van der Waals surface area contributed by atoms with Crippen LogP contribution in [-0.4, -0.2) is 71.2 Å². The molecule has 0 spiro atoms. The molecule has 1 fully saturated rings. The van der Waals surface area contributed by atoms with Gasteiger partial charge in [0.2, 0.25) is 5.95 Å². The number of aryl methyl sites for hydroxylation is 1. The highest BCUT2D eigenvalue weighted by molar-refractivity contribution is 6.04.